The summed E-state index contributed by atoms with van der Waals surface area (Å²) in [5.41, 5.74) is 2.16. The van der Waals surface area contributed by atoms with Crippen molar-refractivity contribution in [2.45, 2.75) is 44.7 Å². The van der Waals surface area contributed by atoms with Gasteiger partial charge in [0.05, 0.1) is 12.0 Å². The number of thioether (sulfide) groups is 1. The van der Waals surface area contributed by atoms with Gasteiger partial charge in [0.15, 0.2) is 5.12 Å². The Hall–Kier alpha value is -1.82. The fraction of sp³-hybridized carbons (Fsp3) is 0.500. The second-order valence-corrected chi connectivity index (χ2v) is 7.65. The number of carboxylic acid groups (broad SMARTS) is 1. The Morgan fingerprint density at radius 2 is 2.04 bits per heavy atom. The number of carbonyl (C=O) groups excluding carboxylic acids is 2. The minimum Gasteiger partial charge on any atom is -0.480 e. The summed E-state index contributed by atoms with van der Waals surface area (Å²) >= 11 is 1.14. The molecule has 0 aliphatic carbocycles. The molecular formula is C18H21NO4S. The predicted molar refractivity (Wildman–Crippen MR) is 91.6 cm³/mol. The van der Waals surface area contributed by atoms with E-state index in [1.807, 2.05) is 24.3 Å². The molecule has 2 heterocycles. The van der Waals surface area contributed by atoms with Gasteiger partial charge in [-0.2, -0.15) is 0 Å². The zero-order valence-electron chi connectivity index (χ0n) is 13.6. The van der Waals surface area contributed by atoms with Crippen LogP contribution in [0.1, 0.15) is 43.4 Å². The summed E-state index contributed by atoms with van der Waals surface area (Å²) in [6.07, 6.45) is 2.65. The first-order valence-corrected chi connectivity index (χ1v) is 9.23. The molecule has 0 aromatic heterocycles. The third-order valence-electron chi connectivity index (χ3n) is 4.88. The molecule has 24 heavy (non-hydrogen) atoms. The van der Waals surface area contributed by atoms with E-state index in [1.54, 1.807) is 4.90 Å². The van der Waals surface area contributed by atoms with Crippen molar-refractivity contribution in [2.75, 3.05) is 5.75 Å². The zero-order chi connectivity index (χ0) is 17.3. The number of hydrogen-bond donors (Lipinski definition) is 1. The molecule has 1 N–H and O–H groups in total. The van der Waals surface area contributed by atoms with E-state index in [9.17, 15) is 19.5 Å². The van der Waals surface area contributed by atoms with Gasteiger partial charge in [-0.1, -0.05) is 36.0 Å². The van der Waals surface area contributed by atoms with Crippen LogP contribution in [-0.2, 0) is 20.8 Å². The fourth-order valence-corrected chi connectivity index (χ4v) is 4.51. The Kier molecular flexibility index (Phi) is 4.94. The number of aliphatic carboxylic acids is 1. The quantitative estimate of drug-likeness (QED) is 0.910. The van der Waals surface area contributed by atoms with E-state index in [2.05, 4.69) is 0 Å². The lowest BCUT2D eigenvalue weighted by atomic mass is 9.89. The number of benzene rings is 1. The topological polar surface area (TPSA) is 74.7 Å². The number of amides is 1. The van der Waals surface area contributed by atoms with E-state index in [-0.39, 0.29) is 23.0 Å². The normalized spacial score (nSPS) is 26.3. The number of fused-ring (bicyclic) bond motifs is 3. The maximum absolute atomic E-state index is 13.1. The lowest BCUT2D eigenvalue weighted by molar-refractivity contribution is -0.156. The molecule has 1 fully saturated rings. The molecule has 0 saturated carbocycles. The second-order valence-electron chi connectivity index (χ2n) is 6.45. The Balaban J connectivity index is 2.01. The predicted octanol–water partition coefficient (Wildman–Crippen LogP) is 2.65. The smallest absolute Gasteiger partial charge is 0.326 e. The molecule has 1 aromatic rings. The van der Waals surface area contributed by atoms with Gasteiger partial charge in [0, 0.05) is 12.7 Å². The number of nitrogens with zero attached hydrogens (tertiary/aromatic N) is 1. The molecule has 5 nitrogen and oxygen atoms in total. The second kappa shape index (κ2) is 6.97. The molecule has 3 rings (SSSR count). The van der Waals surface area contributed by atoms with Gasteiger partial charge in [-0.15, -0.1) is 0 Å². The van der Waals surface area contributed by atoms with Crippen molar-refractivity contribution in [1.29, 1.82) is 0 Å². The number of piperidine rings is 1. The molecule has 1 aromatic carbocycles. The van der Waals surface area contributed by atoms with Crippen LogP contribution in [0, 0.1) is 5.92 Å². The van der Waals surface area contributed by atoms with Gasteiger partial charge in [0.1, 0.15) is 6.04 Å². The van der Waals surface area contributed by atoms with Crippen molar-refractivity contribution in [2.24, 2.45) is 5.92 Å². The van der Waals surface area contributed by atoms with Crippen molar-refractivity contribution in [3.05, 3.63) is 35.4 Å². The van der Waals surface area contributed by atoms with Crippen molar-refractivity contribution in [1.82, 2.24) is 4.90 Å². The number of carbonyl (C=O) groups is 3. The van der Waals surface area contributed by atoms with Gasteiger partial charge in [-0.05, 0) is 36.8 Å². The highest BCUT2D eigenvalue weighted by Crippen LogP contribution is 2.40. The molecule has 2 aliphatic heterocycles. The molecule has 0 bridgehead atoms. The molecule has 2 unspecified atom stereocenters. The average molecular weight is 347 g/mol. The van der Waals surface area contributed by atoms with Crippen LogP contribution in [-0.4, -0.2) is 38.8 Å². The van der Waals surface area contributed by atoms with Crippen LogP contribution in [0.2, 0.25) is 0 Å². The van der Waals surface area contributed by atoms with Crippen LogP contribution in [0.4, 0.5) is 0 Å². The van der Waals surface area contributed by atoms with Crippen LogP contribution in [0.5, 0.6) is 0 Å². The van der Waals surface area contributed by atoms with Crippen LogP contribution in [0.3, 0.4) is 0 Å². The van der Waals surface area contributed by atoms with Gasteiger partial charge < -0.3 is 10.0 Å². The molecule has 1 saturated heterocycles. The highest BCUT2D eigenvalue weighted by Gasteiger charge is 2.43. The van der Waals surface area contributed by atoms with Crippen LogP contribution < -0.4 is 0 Å². The van der Waals surface area contributed by atoms with Crippen LogP contribution in [0.15, 0.2) is 24.3 Å². The SMILES string of the molecule is CC(=O)SCC1Cc2ccccc2C2CCC[C@@H](C(=O)O)N2C1=O. The number of carboxylic acids is 1. The zero-order valence-corrected chi connectivity index (χ0v) is 14.4. The summed E-state index contributed by atoms with van der Waals surface area (Å²) in [4.78, 5) is 37.7. The lowest BCUT2D eigenvalue weighted by Crippen LogP contribution is -2.51. The van der Waals surface area contributed by atoms with E-state index >= 15 is 0 Å². The molecule has 6 heteroatoms. The summed E-state index contributed by atoms with van der Waals surface area (Å²) in [5, 5.41) is 9.56. The maximum Gasteiger partial charge on any atom is 0.326 e. The molecule has 2 aliphatic rings. The molecule has 0 spiro atoms. The summed E-state index contributed by atoms with van der Waals surface area (Å²) < 4.78 is 0. The number of hydrogen-bond acceptors (Lipinski definition) is 4. The van der Waals surface area contributed by atoms with E-state index in [4.69, 9.17) is 0 Å². The van der Waals surface area contributed by atoms with Crippen molar-refractivity contribution >= 4 is 28.8 Å². The first kappa shape index (κ1) is 17.0. The molecule has 0 radical (unpaired) electrons. The van der Waals surface area contributed by atoms with E-state index in [0.717, 1.165) is 35.7 Å². The first-order valence-electron chi connectivity index (χ1n) is 8.25. The molecular weight excluding hydrogens is 326 g/mol. The lowest BCUT2D eigenvalue weighted by Gasteiger charge is -2.40. The summed E-state index contributed by atoms with van der Waals surface area (Å²) in [7, 11) is 0. The summed E-state index contributed by atoms with van der Waals surface area (Å²) in [6.45, 7) is 1.49. The monoisotopic (exact) mass is 347 g/mol. The third kappa shape index (κ3) is 3.20. The molecule has 1 amide bonds. The van der Waals surface area contributed by atoms with Crippen molar-refractivity contribution in [3.8, 4) is 0 Å². The van der Waals surface area contributed by atoms with Crippen LogP contribution >= 0.6 is 11.8 Å². The van der Waals surface area contributed by atoms with Gasteiger partial charge in [0.2, 0.25) is 5.91 Å². The summed E-state index contributed by atoms with van der Waals surface area (Å²) in [6, 6.07) is 6.97. The largest absolute Gasteiger partial charge is 0.480 e. The van der Waals surface area contributed by atoms with E-state index in [0.29, 0.717) is 18.6 Å². The van der Waals surface area contributed by atoms with Gasteiger partial charge in [-0.25, -0.2) is 4.79 Å². The van der Waals surface area contributed by atoms with Crippen molar-refractivity contribution in [3.63, 3.8) is 0 Å². The minimum atomic E-state index is -0.939. The number of rotatable bonds is 3. The highest BCUT2D eigenvalue weighted by molar-refractivity contribution is 8.13. The summed E-state index contributed by atoms with van der Waals surface area (Å²) in [5.74, 6) is -1.02. The minimum absolute atomic E-state index is 0.0229. The average Bonchev–Trinajstić information content (AvgIpc) is 2.68. The molecule has 128 valence electrons. The standard InChI is InChI=1S/C18H21NO4S/c1-11(20)24-10-13-9-12-5-2-3-6-14(12)15-7-4-8-16(18(22)23)19(15)17(13)21/h2-3,5-6,13,15-16H,4,7-10H2,1H3,(H,22,23)/t13?,15?,16-/m0/s1. The highest BCUT2D eigenvalue weighted by atomic mass is 32.2. The van der Waals surface area contributed by atoms with Gasteiger partial charge >= 0.3 is 5.97 Å². The van der Waals surface area contributed by atoms with Gasteiger partial charge in [0.25, 0.3) is 0 Å². The fourth-order valence-electron chi connectivity index (χ4n) is 3.81. The Labute approximate surface area is 145 Å². The Bertz CT molecular complexity index is 675. The molecule has 3 atom stereocenters. The van der Waals surface area contributed by atoms with E-state index < -0.39 is 12.0 Å². The van der Waals surface area contributed by atoms with Crippen LogP contribution in [0.25, 0.3) is 0 Å². The van der Waals surface area contributed by atoms with Crippen molar-refractivity contribution < 1.29 is 19.5 Å². The Morgan fingerprint density at radius 3 is 2.75 bits per heavy atom. The van der Waals surface area contributed by atoms with E-state index in [1.165, 1.54) is 6.92 Å². The first-order chi connectivity index (χ1) is 11.5. The van der Waals surface area contributed by atoms with Gasteiger partial charge in [-0.3, -0.25) is 9.59 Å². The maximum atomic E-state index is 13.1. The third-order valence-corrected chi connectivity index (χ3v) is 5.86. The Morgan fingerprint density at radius 1 is 1.29 bits per heavy atom.